The summed E-state index contributed by atoms with van der Waals surface area (Å²) in [5.74, 6) is 0.497. The first-order chi connectivity index (χ1) is 14.5. The standard InChI is InChI=1S/C24H25NO5/c1-28-21-13-16(14-22(29-2)23(21)30-3)12-20(24(26)27)25-19-11-7-10-18(15-19)17-8-5-4-6-9-17/h4-11,13-15,20,25H,12H2,1-3H3,(H,26,27). The van der Waals surface area contributed by atoms with Crippen LogP contribution in [-0.4, -0.2) is 38.4 Å². The van der Waals surface area contributed by atoms with Gasteiger partial charge in [0.2, 0.25) is 5.75 Å². The Bertz CT molecular complexity index is 978. The van der Waals surface area contributed by atoms with Gasteiger partial charge in [0.05, 0.1) is 21.3 Å². The summed E-state index contributed by atoms with van der Waals surface area (Å²) in [6.07, 6.45) is 0.238. The Balaban J connectivity index is 1.85. The van der Waals surface area contributed by atoms with Gasteiger partial charge in [0.25, 0.3) is 0 Å². The molecule has 3 aromatic carbocycles. The first kappa shape index (κ1) is 21.0. The van der Waals surface area contributed by atoms with Gasteiger partial charge in [-0.1, -0.05) is 42.5 Å². The van der Waals surface area contributed by atoms with Crippen molar-refractivity contribution in [2.75, 3.05) is 26.6 Å². The molecule has 0 aromatic heterocycles. The van der Waals surface area contributed by atoms with Gasteiger partial charge in [-0.15, -0.1) is 0 Å². The van der Waals surface area contributed by atoms with Crippen molar-refractivity contribution in [2.45, 2.75) is 12.5 Å². The molecule has 0 radical (unpaired) electrons. The summed E-state index contributed by atoms with van der Waals surface area (Å²) >= 11 is 0. The molecule has 1 unspecified atom stereocenters. The van der Waals surface area contributed by atoms with Crippen LogP contribution in [0.15, 0.2) is 66.7 Å². The Morgan fingerprint density at radius 3 is 2.07 bits per heavy atom. The van der Waals surface area contributed by atoms with Crippen molar-refractivity contribution in [1.29, 1.82) is 0 Å². The molecular weight excluding hydrogens is 382 g/mol. The molecule has 6 heteroatoms. The van der Waals surface area contributed by atoms with E-state index in [1.807, 2.05) is 54.6 Å². The molecule has 0 aliphatic carbocycles. The van der Waals surface area contributed by atoms with Crippen molar-refractivity contribution in [3.63, 3.8) is 0 Å². The van der Waals surface area contributed by atoms with E-state index in [0.717, 1.165) is 22.4 Å². The molecule has 30 heavy (non-hydrogen) atoms. The molecule has 6 nitrogen and oxygen atoms in total. The highest BCUT2D eigenvalue weighted by molar-refractivity contribution is 5.79. The molecule has 0 aliphatic rings. The van der Waals surface area contributed by atoms with Crippen LogP contribution in [0.1, 0.15) is 5.56 Å². The maximum atomic E-state index is 11.9. The highest BCUT2D eigenvalue weighted by atomic mass is 16.5. The molecule has 3 aromatic rings. The van der Waals surface area contributed by atoms with Gasteiger partial charge in [0.1, 0.15) is 6.04 Å². The highest BCUT2D eigenvalue weighted by Gasteiger charge is 2.21. The fourth-order valence-electron chi connectivity index (χ4n) is 3.31. The topological polar surface area (TPSA) is 77.0 Å². The van der Waals surface area contributed by atoms with Gasteiger partial charge in [-0.2, -0.15) is 0 Å². The number of methoxy groups -OCH3 is 3. The Kier molecular flexibility index (Phi) is 6.80. The molecule has 0 aliphatic heterocycles. The van der Waals surface area contributed by atoms with Crippen molar-refractivity contribution in [3.8, 4) is 28.4 Å². The zero-order valence-electron chi connectivity index (χ0n) is 17.2. The molecule has 0 spiro atoms. The van der Waals surface area contributed by atoms with Gasteiger partial charge in [0, 0.05) is 12.1 Å². The number of benzene rings is 3. The molecule has 0 heterocycles. The predicted molar refractivity (Wildman–Crippen MR) is 117 cm³/mol. The largest absolute Gasteiger partial charge is 0.493 e. The second-order valence-corrected chi connectivity index (χ2v) is 6.72. The van der Waals surface area contributed by atoms with Gasteiger partial charge < -0.3 is 24.6 Å². The van der Waals surface area contributed by atoms with Crippen LogP contribution in [0, 0.1) is 0 Å². The molecule has 0 saturated carbocycles. The maximum Gasteiger partial charge on any atom is 0.326 e. The van der Waals surface area contributed by atoms with Crippen LogP contribution < -0.4 is 19.5 Å². The number of nitrogens with one attached hydrogen (secondary N) is 1. The second kappa shape index (κ2) is 9.69. The third kappa shape index (κ3) is 4.84. The fourth-order valence-corrected chi connectivity index (χ4v) is 3.31. The minimum absolute atomic E-state index is 0.238. The van der Waals surface area contributed by atoms with Crippen molar-refractivity contribution >= 4 is 11.7 Å². The van der Waals surface area contributed by atoms with Gasteiger partial charge in [-0.05, 0) is 41.0 Å². The number of carbonyl (C=O) groups is 1. The SMILES string of the molecule is COc1cc(CC(Nc2cccc(-c3ccccc3)c2)C(=O)O)cc(OC)c1OC. The fraction of sp³-hybridized carbons (Fsp3) is 0.208. The third-order valence-electron chi connectivity index (χ3n) is 4.77. The van der Waals surface area contributed by atoms with Crippen LogP contribution in [0.5, 0.6) is 17.2 Å². The van der Waals surface area contributed by atoms with E-state index in [2.05, 4.69) is 5.32 Å². The Morgan fingerprint density at radius 2 is 1.50 bits per heavy atom. The smallest absolute Gasteiger partial charge is 0.326 e. The summed E-state index contributed by atoms with van der Waals surface area (Å²) in [5, 5.41) is 12.9. The van der Waals surface area contributed by atoms with Crippen LogP contribution in [-0.2, 0) is 11.2 Å². The highest BCUT2D eigenvalue weighted by Crippen LogP contribution is 2.38. The number of hydrogen-bond donors (Lipinski definition) is 2. The molecule has 0 saturated heterocycles. The molecule has 0 amide bonds. The first-order valence-corrected chi connectivity index (χ1v) is 9.49. The monoisotopic (exact) mass is 407 g/mol. The lowest BCUT2D eigenvalue weighted by atomic mass is 10.0. The van der Waals surface area contributed by atoms with Crippen LogP contribution in [0.25, 0.3) is 11.1 Å². The van der Waals surface area contributed by atoms with E-state index in [9.17, 15) is 9.90 Å². The molecule has 0 fully saturated rings. The van der Waals surface area contributed by atoms with Crippen LogP contribution >= 0.6 is 0 Å². The number of hydrogen-bond acceptors (Lipinski definition) is 5. The lowest BCUT2D eigenvalue weighted by Gasteiger charge is -2.19. The van der Waals surface area contributed by atoms with E-state index in [0.29, 0.717) is 17.2 Å². The van der Waals surface area contributed by atoms with Crippen LogP contribution in [0.2, 0.25) is 0 Å². The molecular formula is C24H25NO5. The molecule has 2 N–H and O–H groups in total. The molecule has 3 rings (SSSR count). The summed E-state index contributed by atoms with van der Waals surface area (Å²) in [6.45, 7) is 0. The normalized spacial score (nSPS) is 11.4. The second-order valence-electron chi connectivity index (χ2n) is 6.72. The van der Waals surface area contributed by atoms with E-state index in [-0.39, 0.29) is 6.42 Å². The van der Waals surface area contributed by atoms with Crippen molar-refractivity contribution in [1.82, 2.24) is 0 Å². The van der Waals surface area contributed by atoms with E-state index in [1.54, 1.807) is 12.1 Å². The maximum absolute atomic E-state index is 11.9. The van der Waals surface area contributed by atoms with Crippen molar-refractivity contribution < 1.29 is 24.1 Å². The van der Waals surface area contributed by atoms with Gasteiger partial charge in [-0.25, -0.2) is 4.79 Å². The van der Waals surface area contributed by atoms with Crippen molar-refractivity contribution in [3.05, 3.63) is 72.3 Å². The minimum atomic E-state index is -0.950. The average molecular weight is 407 g/mol. The Morgan fingerprint density at radius 1 is 0.867 bits per heavy atom. The van der Waals surface area contributed by atoms with E-state index in [4.69, 9.17) is 14.2 Å². The quantitative estimate of drug-likeness (QED) is 0.544. The first-order valence-electron chi connectivity index (χ1n) is 9.49. The number of anilines is 1. The number of carboxylic acid groups (broad SMARTS) is 1. The lowest BCUT2D eigenvalue weighted by Crippen LogP contribution is -2.31. The van der Waals surface area contributed by atoms with Crippen LogP contribution in [0.3, 0.4) is 0 Å². The summed E-state index contributed by atoms with van der Waals surface area (Å²) in [6, 6.07) is 20.3. The summed E-state index contributed by atoms with van der Waals surface area (Å²) in [7, 11) is 4.59. The molecule has 1 atom stereocenters. The van der Waals surface area contributed by atoms with Crippen molar-refractivity contribution in [2.24, 2.45) is 0 Å². The molecule has 0 bridgehead atoms. The van der Waals surface area contributed by atoms with E-state index >= 15 is 0 Å². The zero-order chi connectivity index (χ0) is 21.5. The van der Waals surface area contributed by atoms with Crippen LogP contribution in [0.4, 0.5) is 5.69 Å². The molecule has 156 valence electrons. The Hall–Kier alpha value is -3.67. The summed E-state index contributed by atoms with van der Waals surface area (Å²) < 4.78 is 16.1. The van der Waals surface area contributed by atoms with E-state index < -0.39 is 12.0 Å². The average Bonchev–Trinajstić information content (AvgIpc) is 2.78. The van der Waals surface area contributed by atoms with Gasteiger partial charge in [-0.3, -0.25) is 0 Å². The lowest BCUT2D eigenvalue weighted by molar-refractivity contribution is -0.137. The van der Waals surface area contributed by atoms with Gasteiger partial charge >= 0.3 is 5.97 Å². The Labute approximate surface area is 176 Å². The van der Waals surface area contributed by atoms with Gasteiger partial charge in [0.15, 0.2) is 11.5 Å². The predicted octanol–water partition coefficient (Wildman–Crippen LogP) is 4.49. The zero-order valence-corrected chi connectivity index (χ0v) is 17.2. The number of ether oxygens (including phenoxy) is 3. The minimum Gasteiger partial charge on any atom is -0.493 e. The van der Waals surface area contributed by atoms with E-state index in [1.165, 1.54) is 21.3 Å². The summed E-state index contributed by atoms with van der Waals surface area (Å²) in [4.78, 5) is 11.9. The summed E-state index contributed by atoms with van der Waals surface area (Å²) in [5.41, 5.74) is 3.56. The number of aliphatic carboxylic acids is 1. The number of carboxylic acids is 1. The third-order valence-corrected chi connectivity index (χ3v) is 4.77. The number of rotatable bonds is 9.